The molecule has 0 aromatic rings. The van der Waals surface area contributed by atoms with Gasteiger partial charge in [0.2, 0.25) is 0 Å². The third kappa shape index (κ3) is 67.4. The first-order valence-corrected chi connectivity index (χ1v) is 33.6. The second-order valence-electron chi connectivity index (χ2n) is 21.6. The van der Waals surface area contributed by atoms with E-state index in [1.54, 1.807) is 0 Å². The van der Waals surface area contributed by atoms with Crippen LogP contribution in [0.2, 0.25) is 0 Å². The highest BCUT2D eigenvalue weighted by Crippen LogP contribution is 2.15. The van der Waals surface area contributed by atoms with Gasteiger partial charge >= 0.3 is 17.9 Å². The SMILES string of the molecule is CC/C=C\C/C=C\C/C=C\C/C=C\C/C=C\C/C=C\C/C=C\C/C=C\C/C=C\CCCC(=O)OCC(COC(=O)CCCCCCCCC/C=C\C/C=C\C/C=C\CC)OC(=O)CCCCCCCCCCC/C=C\C/C=C\CCCCC. The Labute approximate surface area is 511 Å². The van der Waals surface area contributed by atoms with Gasteiger partial charge in [0.25, 0.3) is 0 Å². The lowest BCUT2D eigenvalue weighted by Gasteiger charge is -2.18. The van der Waals surface area contributed by atoms with Crippen LogP contribution in [0.3, 0.4) is 0 Å². The van der Waals surface area contributed by atoms with E-state index in [-0.39, 0.29) is 37.5 Å². The van der Waals surface area contributed by atoms with Crippen LogP contribution < -0.4 is 0 Å². The number of hydrogen-bond acceptors (Lipinski definition) is 6. The zero-order valence-corrected chi connectivity index (χ0v) is 53.4. The maximum absolute atomic E-state index is 12.9. The van der Waals surface area contributed by atoms with Crippen LogP contribution in [0.1, 0.15) is 278 Å². The first-order valence-electron chi connectivity index (χ1n) is 33.6. The Kier molecular flexibility index (Phi) is 64.9. The third-order valence-electron chi connectivity index (χ3n) is 13.7. The summed E-state index contributed by atoms with van der Waals surface area (Å²) < 4.78 is 16.9. The van der Waals surface area contributed by atoms with E-state index >= 15 is 0 Å². The second-order valence-corrected chi connectivity index (χ2v) is 21.6. The normalized spacial score (nSPS) is 13.2. The maximum atomic E-state index is 12.9. The molecule has 0 aromatic heterocycles. The lowest BCUT2D eigenvalue weighted by Crippen LogP contribution is -2.30. The number of rotatable bonds is 59. The predicted molar refractivity (Wildman–Crippen MR) is 361 cm³/mol. The number of allylic oxidation sites excluding steroid dienone is 28. The van der Waals surface area contributed by atoms with Crippen molar-refractivity contribution < 1.29 is 28.6 Å². The van der Waals surface area contributed by atoms with E-state index in [9.17, 15) is 14.4 Å². The minimum atomic E-state index is -0.819. The summed E-state index contributed by atoms with van der Waals surface area (Å²) in [6.45, 7) is 6.34. The molecule has 0 aliphatic rings. The van der Waals surface area contributed by atoms with Gasteiger partial charge in [-0.05, 0) is 148 Å². The van der Waals surface area contributed by atoms with E-state index in [0.29, 0.717) is 19.3 Å². The van der Waals surface area contributed by atoms with Gasteiger partial charge in [-0.1, -0.05) is 281 Å². The first kappa shape index (κ1) is 77.8. The highest BCUT2D eigenvalue weighted by molar-refractivity contribution is 5.71. The quantitative estimate of drug-likeness (QED) is 0.0261. The van der Waals surface area contributed by atoms with Crippen LogP contribution >= 0.6 is 0 Å². The van der Waals surface area contributed by atoms with Crippen LogP contribution in [0.5, 0.6) is 0 Å². The van der Waals surface area contributed by atoms with E-state index in [0.717, 1.165) is 135 Å². The average molecular weight is 1140 g/mol. The molecule has 83 heavy (non-hydrogen) atoms. The summed E-state index contributed by atoms with van der Waals surface area (Å²) in [5, 5.41) is 0. The summed E-state index contributed by atoms with van der Waals surface area (Å²) in [7, 11) is 0. The molecule has 0 aliphatic carbocycles. The standard InChI is InChI=1S/C77H122O6/c1-4-7-10-13-16-19-22-25-28-31-33-34-35-36-37-38-39-40-41-42-44-46-49-52-55-58-61-64-67-70-76(79)82-73-74(72-81-75(78)69-66-63-60-57-54-51-48-45-30-27-24-21-18-15-12-9-6-3)83-77(80)71-68-65-62-59-56-53-50-47-43-32-29-26-23-20-17-14-11-8-5-2/h7,9-10,12,16-21,25-30,33-34,36-37,39-40,42,44,49,52,58,61,74H,4-6,8,11,13-15,22-24,31-32,35,38,41,43,45-48,50-51,53-57,59-60,62-73H2,1-3H3/b10-7-,12-9-,19-16-,20-17-,21-18-,28-25-,29-26-,30-27-,34-33-,37-36-,40-39-,44-42-,52-49-,61-58-. The van der Waals surface area contributed by atoms with E-state index in [4.69, 9.17) is 14.2 Å². The smallest absolute Gasteiger partial charge is 0.306 e. The van der Waals surface area contributed by atoms with Gasteiger partial charge in [-0.3, -0.25) is 14.4 Å². The summed E-state index contributed by atoms with van der Waals surface area (Å²) in [4.78, 5) is 38.4. The topological polar surface area (TPSA) is 78.9 Å². The van der Waals surface area contributed by atoms with Crippen molar-refractivity contribution in [3.05, 3.63) is 170 Å². The van der Waals surface area contributed by atoms with Gasteiger partial charge in [-0.2, -0.15) is 0 Å². The minimum Gasteiger partial charge on any atom is -0.462 e. The number of carbonyl (C=O) groups is 3. The zero-order chi connectivity index (χ0) is 59.9. The van der Waals surface area contributed by atoms with Crippen molar-refractivity contribution >= 4 is 17.9 Å². The molecule has 0 aromatic carbocycles. The Bertz CT molecular complexity index is 1890. The second kappa shape index (κ2) is 69.3. The fourth-order valence-electron chi connectivity index (χ4n) is 8.72. The highest BCUT2D eigenvalue weighted by Gasteiger charge is 2.19. The number of unbranched alkanes of at least 4 members (excludes halogenated alkanes) is 20. The molecule has 1 unspecified atom stereocenters. The Hall–Kier alpha value is -5.23. The largest absolute Gasteiger partial charge is 0.462 e. The molecule has 0 heterocycles. The van der Waals surface area contributed by atoms with E-state index < -0.39 is 6.10 Å². The average Bonchev–Trinajstić information content (AvgIpc) is 3.49. The molecule has 0 fully saturated rings. The van der Waals surface area contributed by atoms with E-state index in [2.05, 4.69) is 191 Å². The van der Waals surface area contributed by atoms with Crippen molar-refractivity contribution in [2.75, 3.05) is 13.2 Å². The van der Waals surface area contributed by atoms with Crippen LogP contribution in [-0.2, 0) is 28.6 Å². The molecule has 0 amide bonds. The Morgan fingerprint density at radius 1 is 0.253 bits per heavy atom. The number of carbonyl (C=O) groups excluding carboxylic acids is 3. The van der Waals surface area contributed by atoms with Crippen molar-refractivity contribution in [2.45, 2.75) is 284 Å². The molecule has 466 valence electrons. The molecule has 0 saturated carbocycles. The molecule has 0 radical (unpaired) electrons. The van der Waals surface area contributed by atoms with Crippen molar-refractivity contribution in [1.82, 2.24) is 0 Å². The molecule has 0 N–H and O–H groups in total. The van der Waals surface area contributed by atoms with Crippen LogP contribution in [0, 0.1) is 0 Å². The van der Waals surface area contributed by atoms with Gasteiger partial charge < -0.3 is 14.2 Å². The van der Waals surface area contributed by atoms with Crippen molar-refractivity contribution in [1.29, 1.82) is 0 Å². The lowest BCUT2D eigenvalue weighted by atomic mass is 10.1. The fourth-order valence-corrected chi connectivity index (χ4v) is 8.72. The van der Waals surface area contributed by atoms with Crippen LogP contribution in [0.15, 0.2) is 170 Å². The molecule has 0 bridgehead atoms. The molecule has 6 nitrogen and oxygen atoms in total. The number of esters is 3. The maximum Gasteiger partial charge on any atom is 0.306 e. The Morgan fingerprint density at radius 3 is 0.783 bits per heavy atom. The summed E-state index contributed by atoms with van der Waals surface area (Å²) in [5.74, 6) is -0.987. The Balaban J connectivity index is 4.51. The highest BCUT2D eigenvalue weighted by atomic mass is 16.6. The van der Waals surface area contributed by atoms with Gasteiger partial charge in [-0.15, -0.1) is 0 Å². The van der Waals surface area contributed by atoms with Crippen molar-refractivity contribution in [3.8, 4) is 0 Å². The first-order chi connectivity index (χ1) is 41.0. The zero-order valence-electron chi connectivity index (χ0n) is 53.4. The van der Waals surface area contributed by atoms with Crippen LogP contribution in [-0.4, -0.2) is 37.2 Å². The van der Waals surface area contributed by atoms with Crippen LogP contribution in [0.25, 0.3) is 0 Å². The molecule has 1 atom stereocenters. The third-order valence-corrected chi connectivity index (χ3v) is 13.7. The van der Waals surface area contributed by atoms with Crippen LogP contribution in [0.4, 0.5) is 0 Å². The molecule has 0 spiro atoms. The summed E-state index contributed by atoms with van der Waals surface area (Å²) in [6.07, 6.45) is 102. The molecule has 6 heteroatoms. The lowest BCUT2D eigenvalue weighted by molar-refractivity contribution is -0.167. The summed E-state index contributed by atoms with van der Waals surface area (Å²) >= 11 is 0. The summed E-state index contributed by atoms with van der Waals surface area (Å²) in [5.41, 5.74) is 0. The van der Waals surface area contributed by atoms with Gasteiger partial charge in [0.15, 0.2) is 6.10 Å². The monoisotopic (exact) mass is 1140 g/mol. The number of hydrogen-bond donors (Lipinski definition) is 0. The van der Waals surface area contributed by atoms with Gasteiger partial charge in [-0.25, -0.2) is 0 Å². The Morgan fingerprint density at radius 2 is 0.482 bits per heavy atom. The minimum absolute atomic E-state index is 0.110. The van der Waals surface area contributed by atoms with Gasteiger partial charge in [0, 0.05) is 19.3 Å². The molecule has 0 aliphatic heterocycles. The van der Waals surface area contributed by atoms with E-state index in [1.165, 1.54) is 96.3 Å². The molecular formula is C77H122O6. The van der Waals surface area contributed by atoms with Gasteiger partial charge in [0.1, 0.15) is 13.2 Å². The van der Waals surface area contributed by atoms with Crippen molar-refractivity contribution in [3.63, 3.8) is 0 Å². The fraction of sp³-hybridized carbons (Fsp3) is 0.597. The predicted octanol–water partition coefficient (Wildman–Crippen LogP) is 23.4. The molecule has 0 saturated heterocycles. The van der Waals surface area contributed by atoms with Gasteiger partial charge in [0.05, 0.1) is 0 Å². The van der Waals surface area contributed by atoms with E-state index in [1.807, 2.05) is 0 Å². The number of ether oxygens (including phenoxy) is 3. The molecule has 0 rings (SSSR count). The summed E-state index contributed by atoms with van der Waals surface area (Å²) in [6, 6.07) is 0. The van der Waals surface area contributed by atoms with Crippen molar-refractivity contribution in [2.24, 2.45) is 0 Å². The molecular weight excluding hydrogens is 1020 g/mol.